The number of ether oxygens (including phenoxy) is 2. The van der Waals surface area contributed by atoms with Crippen LogP contribution in [0.2, 0.25) is 0 Å². The average molecular weight is 358 g/mol. The number of amides is 2. The number of urea groups is 1. The second-order valence-electron chi connectivity index (χ2n) is 8.10. The fraction of sp³-hybridized carbons (Fsp3) is 0.667. The number of hydrogen-bond acceptors (Lipinski definition) is 3. The van der Waals surface area contributed by atoms with Gasteiger partial charge in [-0.05, 0) is 43.7 Å². The lowest BCUT2D eigenvalue weighted by molar-refractivity contribution is -0.175. The zero-order valence-corrected chi connectivity index (χ0v) is 15.7. The van der Waals surface area contributed by atoms with Gasteiger partial charge in [-0.15, -0.1) is 0 Å². The SMILES string of the molecule is CC1CN(C(=O)NC2CCc3ccccc3CC2)CC2(CCOCC2)O1. The summed E-state index contributed by atoms with van der Waals surface area (Å²) in [5, 5.41) is 3.31. The summed E-state index contributed by atoms with van der Waals surface area (Å²) in [5.41, 5.74) is 2.66. The van der Waals surface area contributed by atoms with Crippen LogP contribution in [0.3, 0.4) is 0 Å². The monoisotopic (exact) mass is 358 g/mol. The molecule has 1 unspecified atom stereocenters. The molecule has 5 heteroatoms. The van der Waals surface area contributed by atoms with Crippen LogP contribution in [0, 0.1) is 0 Å². The Balaban J connectivity index is 1.37. The van der Waals surface area contributed by atoms with Crippen molar-refractivity contribution in [2.45, 2.75) is 63.2 Å². The Bertz CT molecular complexity index is 615. The highest BCUT2D eigenvalue weighted by Crippen LogP contribution is 2.31. The largest absolute Gasteiger partial charge is 0.381 e. The fourth-order valence-corrected chi connectivity index (χ4v) is 4.66. The summed E-state index contributed by atoms with van der Waals surface area (Å²) in [6, 6.07) is 8.98. The number of carbonyl (C=O) groups is 1. The number of fused-ring (bicyclic) bond motifs is 1. The van der Waals surface area contributed by atoms with E-state index in [1.807, 2.05) is 4.90 Å². The summed E-state index contributed by atoms with van der Waals surface area (Å²) >= 11 is 0. The van der Waals surface area contributed by atoms with Gasteiger partial charge in [0.25, 0.3) is 0 Å². The lowest BCUT2D eigenvalue weighted by Gasteiger charge is -2.47. The van der Waals surface area contributed by atoms with E-state index in [4.69, 9.17) is 9.47 Å². The molecule has 2 aliphatic heterocycles. The van der Waals surface area contributed by atoms with Gasteiger partial charge in [-0.2, -0.15) is 0 Å². The molecule has 1 spiro atoms. The van der Waals surface area contributed by atoms with E-state index in [-0.39, 0.29) is 23.8 Å². The van der Waals surface area contributed by atoms with Crippen molar-refractivity contribution in [2.75, 3.05) is 26.3 Å². The number of nitrogens with one attached hydrogen (secondary N) is 1. The summed E-state index contributed by atoms with van der Waals surface area (Å²) in [7, 11) is 0. The summed E-state index contributed by atoms with van der Waals surface area (Å²) in [4.78, 5) is 14.9. The van der Waals surface area contributed by atoms with Crippen LogP contribution < -0.4 is 5.32 Å². The zero-order chi connectivity index (χ0) is 18.0. The minimum atomic E-state index is -0.215. The number of benzene rings is 1. The van der Waals surface area contributed by atoms with Crippen molar-refractivity contribution in [3.05, 3.63) is 35.4 Å². The Morgan fingerprint density at radius 3 is 2.46 bits per heavy atom. The molecule has 1 atom stereocenters. The van der Waals surface area contributed by atoms with Gasteiger partial charge in [0.05, 0.1) is 18.2 Å². The maximum absolute atomic E-state index is 13.0. The van der Waals surface area contributed by atoms with Crippen molar-refractivity contribution in [2.24, 2.45) is 0 Å². The number of morpholine rings is 1. The van der Waals surface area contributed by atoms with Gasteiger partial charge < -0.3 is 19.7 Å². The molecule has 2 amide bonds. The molecule has 5 nitrogen and oxygen atoms in total. The van der Waals surface area contributed by atoms with E-state index in [0.717, 1.165) is 51.7 Å². The van der Waals surface area contributed by atoms with Gasteiger partial charge in [0, 0.05) is 38.6 Å². The van der Waals surface area contributed by atoms with Gasteiger partial charge in [0.1, 0.15) is 0 Å². The molecule has 2 saturated heterocycles. The quantitative estimate of drug-likeness (QED) is 0.786. The normalized spacial score (nSPS) is 26.2. The first-order valence-electron chi connectivity index (χ1n) is 10.0. The van der Waals surface area contributed by atoms with Gasteiger partial charge in [-0.25, -0.2) is 4.79 Å². The van der Waals surface area contributed by atoms with Crippen LogP contribution in [0.1, 0.15) is 43.7 Å². The molecule has 1 aliphatic carbocycles. The Kier molecular flexibility index (Phi) is 5.18. The first-order valence-corrected chi connectivity index (χ1v) is 10.0. The minimum absolute atomic E-state index is 0.0713. The summed E-state index contributed by atoms with van der Waals surface area (Å²) in [6.45, 7) is 4.87. The Morgan fingerprint density at radius 2 is 1.81 bits per heavy atom. The molecular formula is C21H30N2O3. The van der Waals surface area contributed by atoms with Crippen molar-refractivity contribution in [1.82, 2.24) is 10.2 Å². The fourth-order valence-electron chi connectivity index (χ4n) is 4.66. The maximum atomic E-state index is 13.0. The summed E-state index contributed by atoms with van der Waals surface area (Å²) < 4.78 is 11.7. The highest BCUT2D eigenvalue weighted by molar-refractivity contribution is 5.74. The molecule has 1 aromatic carbocycles. The van der Waals surface area contributed by atoms with Crippen molar-refractivity contribution in [3.8, 4) is 0 Å². The Labute approximate surface area is 156 Å². The Hall–Kier alpha value is -1.59. The Morgan fingerprint density at radius 1 is 1.15 bits per heavy atom. The third-order valence-corrected chi connectivity index (χ3v) is 6.07. The smallest absolute Gasteiger partial charge is 0.317 e. The van der Waals surface area contributed by atoms with E-state index in [2.05, 4.69) is 36.5 Å². The molecule has 3 aliphatic rings. The minimum Gasteiger partial charge on any atom is -0.381 e. The molecule has 0 radical (unpaired) electrons. The standard InChI is InChI=1S/C21H30N2O3/c1-16-14-23(15-21(26-16)10-12-25-13-11-21)20(24)22-19-8-6-17-4-2-3-5-18(17)7-9-19/h2-5,16,19H,6-15H2,1H3,(H,22,24). The van der Waals surface area contributed by atoms with E-state index in [0.29, 0.717) is 13.1 Å². The molecule has 142 valence electrons. The van der Waals surface area contributed by atoms with Crippen LogP contribution in [0.15, 0.2) is 24.3 Å². The lowest BCUT2D eigenvalue weighted by atomic mass is 9.91. The van der Waals surface area contributed by atoms with E-state index in [9.17, 15) is 4.79 Å². The number of carbonyl (C=O) groups excluding carboxylic acids is 1. The molecule has 2 heterocycles. The van der Waals surface area contributed by atoms with Gasteiger partial charge in [0.2, 0.25) is 0 Å². The van der Waals surface area contributed by atoms with E-state index in [1.165, 1.54) is 11.1 Å². The molecule has 0 bridgehead atoms. The molecule has 26 heavy (non-hydrogen) atoms. The maximum Gasteiger partial charge on any atom is 0.317 e. The first kappa shape index (κ1) is 17.8. The molecule has 1 aromatic rings. The van der Waals surface area contributed by atoms with Crippen LogP contribution >= 0.6 is 0 Å². The predicted molar refractivity (Wildman–Crippen MR) is 100 cm³/mol. The van der Waals surface area contributed by atoms with E-state index < -0.39 is 0 Å². The molecule has 2 fully saturated rings. The molecular weight excluding hydrogens is 328 g/mol. The highest BCUT2D eigenvalue weighted by Gasteiger charge is 2.42. The van der Waals surface area contributed by atoms with Crippen LogP contribution in [0.25, 0.3) is 0 Å². The van der Waals surface area contributed by atoms with Crippen molar-refractivity contribution in [1.29, 1.82) is 0 Å². The number of nitrogens with zero attached hydrogens (tertiary/aromatic N) is 1. The van der Waals surface area contributed by atoms with Crippen LogP contribution in [-0.4, -0.2) is 55.0 Å². The second kappa shape index (κ2) is 7.57. The second-order valence-corrected chi connectivity index (χ2v) is 8.10. The first-order chi connectivity index (χ1) is 12.6. The van der Waals surface area contributed by atoms with Crippen LogP contribution in [-0.2, 0) is 22.3 Å². The lowest BCUT2D eigenvalue weighted by Crippen LogP contribution is -2.60. The van der Waals surface area contributed by atoms with Gasteiger partial charge in [-0.3, -0.25) is 0 Å². The van der Waals surface area contributed by atoms with Crippen molar-refractivity contribution in [3.63, 3.8) is 0 Å². The summed E-state index contributed by atoms with van der Waals surface area (Å²) in [6.07, 6.45) is 5.94. The third-order valence-electron chi connectivity index (χ3n) is 6.07. The molecule has 0 saturated carbocycles. The van der Waals surface area contributed by atoms with E-state index >= 15 is 0 Å². The third kappa shape index (κ3) is 3.89. The molecule has 4 rings (SSSR count). The molecule has 1 N–H and O–H groups in total. The topological polar surface area (TPSA) is 50.8 Å². The van der Waals surface area contributed by atoms with Gasteiger partial charge in [-0.1, -0.05) is 24.3 Å². The summed E-state index contributed by atoms with van der Waals surface area (Å²) in [5.74, 6) is 0. The zero-order valence-electron chi connectivity index (χ0n) is 15.7. The number of rotatable bonds is 1. The molecule has 0 aromatic heterocycles. The van der Waals surface area contributed by atoms with Crippen molar-refractivity contribution >= 4 is 6.03 Å². The highest BCUT2D eigenvalue weighted by atomic mass is 16.5. The van der Waals surface area contributed by atoms with Gasteiger partial charge in [0.15, 0.2) is 0 Å². The average Bonchev–Trinajstić information content (AvgIpc) is 2.84. The number of aryl methyl sites for hydroxylation is 2. The van der Waals surface area contributed by atoms with E-state index in [1.54, 1.807) is 0 Å². The predicted octanol–water partition coefficient (Wildman–Crippen LogP) is 2.91. The van der Waals surface area contributed by atoms with Crippen molar-refractivity contribution < 1.29 is 14.3 Å². The number of hydrogen-bond donors (Lipinski definition) is 1. The van der Waals surface area contributed by atoms with Crippen LogP contribution in [0.4, 0.5) is 4.79 Å². The van der Waals surface area contributed by atoms with Gasteiger partial charge >= 0.3 is 6.03 Å². The van der Waals surface area contributed by atoms with Crippen LogP contribution in [0.5, 0.6) is 0 Å².